The summed E-state index contributed by atoms with van der Waals surface area (Å²) in [4.78, 5) is 18.1. The fourth-order valence-electron chi connectivity index (χ4n) is 3.11. The van der Waals surface area contributed by atoms with E-state index in [4.69, 9.17) is 4.74 Å². The predicted octanol–water partition coefficient (Wildman–Crippen LogP) is 1.25. The Labute approximate surface area is 119 Å². The second-order valence-corrected chi connectivity index (χ2v) is 5.60. The number of methoxy groups -OCH3 is 1. The van der Waals surface area contributed by atoms with Crippen molar-refractivity contribution in [1.82, 2.24) is 14.7 Å². The van der Waals surface area contributed by atoms with Crippen molar-refractivity contribution < 1.29 is 9.53 Å². The number of hydrogen-bond donors (Lipinski definition) is 0. The number of carbonyl (C=O) groups is 1. The van der Waals surface area contributed by atoms with E-state index in [2.05, 4.69) is 17.0 Å². The molecule has 0 bridgehead atoms. The van der Waals surface area contributed by atoms with Gasteiger partial charge in [-0.05, 0) is 17.7 Å². The van der Waals surface area contributed by atoms with E-state index in [1.165, 1.54) is 5.56 Å². The molecule has 5 nitrogen and oxygen atoms in total. The third kappa shape index (κ3) is 2.45. The van der Waals surface area contributed by atoms with E-state index in [1.807, 2.05) is 29.0 Å². The summed E-state index contributed by atoms with van der Waals surface area (Å²) in [5, 5.41) is 0. The van der Waals surface area contributed by atoms with E-state index >= 15 is 0 Å². The van der Waals surface area contributed by atoms with Crippen LogP contribution in [0.1, 0.15) is 5.56 Å². The van der Waals surface area contributed by atoms with Gasteiger partial charge in [0.15, 0.2) is 0 Å². The molecular weight excluding hydrogens is 254 g/mol. The summed E-state index contributed by atoms with van der Waals surface area (Å²) in [5.41, 5.74) is 1.26. The van der Waals surface area contributed by atoms with Gasteiger partial charge < -0.3 is 14.5 Å². The minimum atomic E-state index is 0.177. The normalized spacial score (nSPS) is 23.1. The maximum absolute atomic E-state index is 11.9. The number of fused-ring (bicyclic) bond motifs is 1. The first kappa shape index (κ1) is 13.2. The highest BCUT2D eigenvalue weighted by Gasteiger charge is 2.38. The van der Waals surface area contributed by atoms with Crippen molar-refractivity contribution in [3.8, 4) is 5.75 Å². The minimum Gasteiger partial charge on any atom is -0.497 e. The van der Waals surface area contributed by atoms with Crippen LogP contribution in [0.4, 0.5) is 4.79 Å². The molecule has 2 heterocycles. The summed E-state index contributed by atoms with van der Waals surface area (Å²) in [6, 6.07) is 8.71. The molecule has 0 aliphatic carbocycles. The van der Waals surface area contributed by atoms with Crippen LogP contribution in [0, 0.1) is 0 Å². The van der Waals surface area contributed by atoms with Crippen LogP contribution < -0.4 is 4.74 Å². The van der Waals surface area contributed by atoms with Gasteiger partial charge >= 0.3 is 6.03 Å². The van der Waals surface area contributed by atoms with Gasteiger partial charge in [0.25, 0.3) is 0 Å². The molecule has 0 spiro atoms. The van der Waals surface area contributed by atoms with Gasteiger partial charge in [-0.1, -0.05) is 12.1 Å². The predicted molar refractivity (Wildman–Crippen MR) is 76.8 cm³/mol. The number of rotatable bonds is 3. The van der Waals surface area contributed by atoms with E-state index in [1.54, 1.807) is 7.11 Å². The molecule has 0 radical (unpaired) electrons. The maximum Gasteiger partial charge on any atom is 0.320 e. The van der Waals surface area contributed by atoms with E-state index in [0.717, 1.165) is 38.5 Å². The highest BCUT2D eigenvalue weighted by Crippen LogP contribution is 2.21. The monoisotopic (exact) mass is 275 g/mol. The van der Waals surface area contributed by atoms with Gasteiger partial charge in [-0.3, -0.25) is 4.90 Å². The first-order chi connectivity index (χ1) is 9.67. The molecule has 108 valence electrons. The highest BCUT2D eigenvalue weighted by atomic mass is 16.5. The minimum absolute atomic E-state index is 0.177. The smallest absolute Gasteiger partial charge is 0.320 e. The van der Waals surface area contributed by atoms with Crippen molar-refractivity contribution in [2.45, 2.75) is 12.6 Å². The van der Waals surface area contributed by atoms with E-state index in [0.29, 0.717) is 6.04 Å². The number of hydrogen-bond acceptors (Lipinski definition) is 3. The maximum atomic E-state index is 11.9. The Bertz CT molecular complexity index is 506. The summed E-state index contributed by atoms with van der Waals surface area (Å²) in [6.07, 6.45) is 0. The number of nitrogens with zero attached hydrogens (tertiary/aromatic N) is 3. The molecule has 2 fully saturated rings. The number of piperazine rings is 1. The number of likely N-dealkylation sites (N-methyl/N-ethyl adjacent to an activating group) is 1. The van der Waals surface area contributed by atoms with Gasteiger partial charge in [-0.15, -0.1) is 0 Å². The summed E-state index contributed by atoms with van der Waals surface area (Å²) in [6.45, 7) is 4.48. The molecule has 5 heteroatoms. The zero-order valence-corrected chi connectivity index (χ0v) is 12.1. The summed E-state index contributed by atoms with van der Waals surface area (Å²) in [7, 11) is 3.57. The Morgan fingerprint density at radius 1 is 1.30 bits per heavy atom. The molecular formula is C15H21N3O2. The van der Waals surface area contributed by atoms with Crippen molar-refractivity contribution in [3.63, 3.8) is 0 Å². The first-order valence-corrected chi connectivity index (χ1v) is 7.04. The molecule has 0 aromatic heterocycles. The molecule has 1 atom stereocenters. The Balaban J connectivity index is 1.64. The quantitative estimate of drug-likeness (QED) is 0.833. The topological polar surface area (TPSA) is 36.0 Å². The van der Waals surface area contributed by atoms with Crippen molar-refractivity contribution in [3.05, 3.63) is 29.8 Å². The second kappa shape index (κ2) is 5.32. The van der Waals surface area contributed by atoms with Gasteiger partial charge in [-0.2, -0.15) is 0 Å². The van der Waals surface area contributed by atoms with Gasteiger partial charge in [0.1, 0.15) is 5.75 Å². The molecule has 1 aromatic rings. The summed E-state index contributed by atoms with van der Waals surface area (Å²) >= 11 is 0. The second-order valence-electron chi connectivity index (χ2n) is 5.60. The van der Waals surface area contributed by atoms with Crippen molar-refractivity contribution in [2.75, 3.05) is 40.3 Å². The number of ether oxygens (including phenoxy) is 1. The summed E-state index contributed by atoms with van der Waals surface area (Å²) < 4.78 is 5.26. The Kier molecular flexibility index (Phi) is 3.53. The van der Waals surface area contributed by atoms with Crippen LogP contribution in [-0.2, 0) is 6.54 Å². The Morgan fingerprint density at radius 3 is 2.95 bits per heavy atom. The van der Waals surface area contributed by atoms with Gasteiger partial charge in [0.05, 0.1) is 13.2 Å². The SMILES string of the molecule is COc1cccc(CN2CCN3C(=O)N(C)C[C@H]3C2)c1. The van der Waals surface area contributed by atoms with Crippen LogP contribution in [0.5, 0.6) is 5.75 Å². The molecule has 2 aliphatic rings. The molecule has 2 saturated heterocycles. The van der Waals surface area contributed by atoms with Crippen LogP contribution >= 0.6 is 0 Å². The van der Waals surface area contributed by atoms with Crippen molar-refractivity contribution in [1.29, 1.82) is 0 Å². The van der Waals surface area contributed by atoms with Crippen LogP contribution in [-0.4, -0.2) is 67.1 Å². The van der Waals surface area contributed by atoms with Crippen LogP contribution in [0.15, 0.2) is 24.3 Å². The fourth-order valence-corrected chi connectivity index (χ4v) is 3.11. The van der Waals surface area contributed by atoms with Gasteiger partial charge in [-0.25, -0.2) is 4.79 Å². The number of urea groups is 1. The van der Waals surface area contributed by atoms with E-state index < -0.39 is 0 Å². The molecule has 3 rings (SSSR count). The standard InChI is InChI=1S/C15H21N3O2/c1-16-10-13-11-17(6-7-18(13)15(16)19)9-12-4-3-5-14(8-12)20-2/h3-5,8,13H,6-7,9-11H2,1-2H3/t13-/m0/s1. The van der Waals surface area contributed by atoms with Crippen molar-refractivity contribution >= 4 is 6.03 Å². The van der Waals surface area contributed by atoms with Crippen molar-refractivity contribution in [2.24, 2.45) is 0 Å². The third-order valence-electron chi connectivity index (χ3n) is 4.16. The van der Waals surface area contributed by atoms with E-state index in [9.17, 15) is 4.79 Å². The molecule has 2 amide bonds. The lowest BCUT2D eigenvalue weighted by atomic mass is 10.1. The van der Waals surface area contributed by atoms with Crippen LogP contribution in [0.3, 0.4) is 0 Å². The average Bonchev–Trinajstić information content (AvgIpc) is 2.74. The molecule has 1 aromatic carbocycles. The average molecular weight is 275 g/mol. The highest BCUT2D eigenvalue weighted by molar-refractivity contribution is 5.77. The fraction of sp³-hybridized carbons (Fsp3) is 0.533. The molecule has 0 saturated carbocycles. The molecule has 2 aliphatic heterocycles. The number of carbonyl (C=O) groups excluding carboxylic acids is 1. The Hall–Kier alpha value is -1.75. The lowest BCUT2D eigenvalue weighted by molar-refractivity contribution is 0.116. The number of amides is 2. The zero-order valence-electron chi connectivity index (χ0n) is 12.1. The molecule has 20 heavy (non-hydrogen) atoms. The van der Waals surface area contributed by atoms with Crippen LogP contribution in [0.25, 0.3) is 0 Å². The van der Waals surface area contributed by atoms with Crippen LogP contribution in [0.2, 0.25) is 0 Å². The van der Waals surface area contributed by atoms with Gasteiger partial charge in [0.2, 0.25) is 0 Å². The molecule has 0 unspecified atom stereocenters. The Morgan fingerprint density at radius 2 is 2.15 bits per heavy atom. The van der Waals surface area contributed by atoms with Gasteiger partial charge in [0, 0.05) is 39.8 Å². The lowest BCUT2D eigenvalue weighted by Crippen LogP contribution is -2.51. The largest absolute Gasteiger partial charge is 0.497 e. The summed E-state index contributed by atoms with van der Waals surface area (Å²) in [5.74, 6) is 0.900. The lowest BCUT2D eigenvalue weighted by Gasteiger charge is -2.36. The van der Waals surface area contributed by atoms with E-state index in [-0.39, 0.29) is 6.03 Å². The number of benzene rings is 1. The first-order valence-electron chi connectivity index (χ1n) is 7.04. The molecule has 0 N–H and O–H groups in total. The zero-order chi connectivity index (χ0) is 14.1. The third-order valence-corrected chi connectivity index (χ3v) is 4.16.